The molecule has 2 aromatic heterocycles. The molecule has 0 radical (unpaired) electrons. The predicted octanol–water partition coefficient (Wildman–Crippen LogP) is 1.94. The molecule has 2 N–H and O–H groups in total. The van der Waals surface area contributed by atoms with Gasteiger partial charge in [-0.1, -0.05) is 0 Å². The molecule has 0 amide bonds. The average Bonchev–Trinajstić information content (AvgIpc) is 2.81. The molecule has 0 unspecified atom stereocenters. The van der Waals surface area contributed by atoms with E-state index < -0.39 is 0 Å². The van der Waals surface area contributed by atoms with Crippen molar-refractivity contribution in [3.8, 4) is 0 Å². The maximum Gasteiger partial charge on any atom is 0.131 e. The molecule has 2 heterocycles. The van der Waals surface area contributed by atoms with Gasteiger partial charge in [-0.3, -0.25) is 0 Å². The molecular formula is C11H15N5S. The summed E-state index contributed by atoms with van der Waals surface area (Å²) >= 11 is 1.62. The van der Waals surface area contributed by atoms with Crippen LogP contribution in [0.25, 0.3) is 0 Å². The van der Waals surface area contributed by atoms with Crippen molar-refractivity contribution in [3.05, 3.63) is 28.5 Å². The Hall–Kier alpha value is -1.69. The second-order valence-corrected chi connectivity index (χ2v) is 4.31. The quantitative estimate of drug-likeness (QED) is 0.848. The molecule has 2 rings (SSSR count). The fourth-order valence-corrected chi connectivity index (χ4v) is 2.06. The van der Waals surface area contributed by atoms with Crippen LogP contribution in [0.4, 0.5) is 11.6 Å². The van der Waals surface area contributed by atoms with E-state index in [1.54, 1.807) is 11.3 Å². The first kappa shape index (κ1) is 11.8. The summed E-state index contributed by atoms with van der Waals surface area (Å²) in [6.07, 6.45) is 0.904. The number of thiazole rings is 1. The number of hydrogen-bond donors (Lipinski definition) is 2. The van der Waals surface area contributed by atoms with Gasteiger partial charge in [0.1, 0.15) is 17.5 Å². The highest BCUT2D eigenvalue weighted by molar-refractivity contribution is 7.07. The molecule has 0 aliphatic rings. The lowest BCUT2D eigenvalue weighted by Gasteiger charge is -2.07. The van der Waals surface area contributed by atoms with Crippen LogP contribution >= 0.6 is 11.3 Å². The van der Waals surface area contributed by atoms with E-state index in [9.17, 15) is 0 Å². The predicted molar refractivity (Wildman–Crippen MR) is 70.6 cm³/mol. The number of hydrogen-bond acceptors (Lipinski definition) is 6. The van der Waals surface area contributed by atoms with Crippen LogP contribution < -0.4 is 10.6 Å². The average molecular weight is 249 g/mol. The minimum atomic E-state index is 0.757. The molecule has 2 aromatic rings. The van der Waals surface area contributed by atoms with E-state index in [-0.39, 0.29) is 0 Å². The van der Waals surface area contributed by atoms with Gasteiger partial charge in [-0.25, -0.2) is 15.0 Å². The minimum absolute atomic E-state index is 0.757. The molecule has 6 heteroatoms. The van der Waals surface area contributed by atoms with E-state index in [0.717, 1.165) is 36.1 Å². The molecule has 17 heavy (non-hydrogen) atoms. The summed E-state index contributed by atoms with van der Waals surface area (Å²) in [5.74, 6) is 2.43. The first-order chi connectivity index (χ1) is 8.28. The largest absolute Gasteiger partial charge is 0.373 e. The molecule has 0 atom stereocenters. The zero-order valence-corrected chi connectivity index (χ0v) is 10.7. The third kappa shape index (κ3) is 3.39. The maximum absolute atomic E-state index is 4.32. The second-order valence-electron chi connectivity index (χ2n) is 3.59. The summed E-state index contributed by atoms with van der Waals surface area (Å²) in [5, 5.41) is 8.34. The summed E-state index contributed by atoms with van der Waals surface area (Å²) < 4.78 is 0. The van der Waals surface area contributed by atoms with Crippen LogP contribution in [0.1, 0.15) is 11.5 Å². The zero-order chi connectivity index (χ0) is 12.1. The number of nitrogens with zero attached hydrogens (tertiary/aromatic N) is 3. The normalized spacial score (nSPS) is 10.2. The van der Waals surface area contributed by atoms with Crippen molar-refractivity contribution in [1.29, 1.82) is 0 Å². The van der Waals surface area contributed by atoms with Crippen molar-refractivity contribution in [2.45, 2.75) is 13.3 Å². The molecule has 0 saturated heterocycles. The van der Waals surface area contributed by atoms with Crippen LogP contribution in [-0.2, 0) is 6.42 Å². The number of nitrogens with one attached hydrogen (secondary N) is 2. The summed E-state index contributed by atoms with van der Waals surface area (Å²) in [7, 11) is 1.85. The molecule has 0 aromatic carbocycles. The van der Waals surface area contributed by atoms with E-state index in [4.69, 9.17) is 0 Å². The fourth-order valence-electron chi connectivity index (χ4n) is 1.47. The highest BCUT2D eigenvalue weighted by Gasteiger charge is 2.00. The third-order valence-electron chi connectivity index (χ3n) is 2.26. The van der Waals surface area contributed by atoms with Gasteiger partial charge in [-0.15, -0.1) is 11.3 Å². The lowest BCUT2D eigenvalue weighted by Crippen LogP contribution is -2.08. The van der Waals surface area contributed by atoms with Gasteiger partial charge in [-0.05, 0) is 6.92 Å². The Labute approximate surface area is 104 Å². The number of aryl methyl sites for hydroxylation is 1. The molecule has 0 aliphatic heterocycles. The summed E-state index contributed by atoms with van der Waals surface area (Å²) in [5.41, 5.74) is 2.96. The van der Waals surface area contributed by atoms with E-state index >= 15 is 0 Å². The fraction of sp³-hybridized carbons (Fsp3) is 0.364. The summed E-state index contributed by atoms with van der Waals surface area (Å²) in [6, 6.07) is 1.90. The van der Waals surface area contributed by atoms with Crippen LogP contribution in [0.5, 0.6) is 0 Å². The lowest BCUT2D eigenvalue weighted by molar-refractivity contribution is 0.955. The standard InChI is InChI=1S/C11H15N5S/c1-8-15-10(12-2)5-11(16-8)13-4-3-9-6-17-7-14-9/h5-7H,3-4H2,1-2H3,(H2,12,13,15,16). The van der Waals surface area contributed by atoms with Crippen molar-refractivity contribution in [2.75, 3.05) is 24.2 Å². The Morgan fingerprint density at radius 1 is 1.29 bits per heavy atom. The van der Waals surface area contributed by atoms with Crippen molar-refractivity contribution >= 4 is 23.0 Å². The van der Waals surface area contributed by atoms with Gasteiger partial charge in [-0.2, -0.15) is 0 Å². The van der Waals surface area contributed by atoms with Crippen molar-refractivity contribution in [2.24, 2.45) is 0 Å². The number of rotatable bonds is 5. The number of aromatic nitrogens is 3. The zero-order valence-electron chi connectivity index (χ0n) is 9.90. The molecule has 0 aliphatic carbocycles. The van der Waals surface area contributed by atoms with E-state index in [1.807, 2.05) is 25.5 Å². The molecule has 0 fully saturated rings. The van der Waals surface area contributed by atoms with Crippen LogP contribution in [0.2, 0.25) is 0 Å². The monoisotopic (exact) mass is 249 g/mol. The van der Waals surface area contributed by atoms with E-state index in [0.29, 0.717) is 0 Å². The lowest BCUT2D eigenvalue weighted by atomic mass is 10.3. The molecule has 0 saturated carbocycles. The smallest absolute Gasteiger partial charge is 0.131 e. The van der Waals surface area contributed by atoms with Crippen molar-refractivity contribution in [3.63, 3.8) is 0 Å². The molecule has 90 valence electrons. The molecular weight excluding hydrogens is 234 g/mol. The maximum atomic E-state index is 4.32. The SMILES string of the molecule is CNc1cc(NCCc2cscn2)nc(C)n1. The molecule has 5 nitrogen and oxygen atoms in total. The highest BCUT2D eigenvalue weighted by Crippen LogP contribution is 2.10. The molecule has 0 spiro atoms. The van der Waals surface area contributed by atoms with E-state index in [1.165, 1.54) is 0 Å². The van der Waals surface area contributed by atoms with Crippen molar-refractivity contribution < 1.29 is 0 Å². The van der Waals surface area contributed by atoms with Gasteiger partial charge in [0.2, 0.25) is 0 Å². The molecule has 0 bridgehead atoms. The van der Waals surface area contributed by atoms with Gasteiger partial charge in [0.15, 0.2) is 0 Å². The Morgan fingerprint density at radius 2 is 2.12 bits per heavy atom. The number of anilines is 2. The second kappa shape index (κ2) is 5.58. The first-order valence-electron chi connectivity index (χ1n) is 5.42. The Balaban J connectivity index is 1.92. The van der Waals surface area contributed by atoms with Gasteiger partial charge in [0.05, 0.1) is 11.2 Å². The van der Waals surface area contributed by atoms with Crippen LogP contribution in [-0.4, -0.2) is 28.5 Å². The summed E-state index contributed by atoms with van der Waals surface area (Å²) in [6.45, 7) is 2.70. The van der Waals surface area contributed by atoms with Crippen molar-refractivity contribution in [1.82, 2.24) is 15.0 Å². The van der Waals surface area contributed by atoms with Gasteiger partial charge in [0.25, 0.3) is 0 Å². The van der Waals surface area contributed by atoms with Gasteiger partial charge >= 0.3 is 0 Å². The van der Waals surface area contributed by atoms with Crippen LogP contribution in [0.15, 0.2) is 17.0 Å². The minimum Gasteiger partial charge on any atom is -0.373 e. The first-order valence-corrected chi connectivity index (χ1v) is 6.36. The highest BCUT2D eigenvalue weighted by atomic mass is 32.1. The van der Waals surface area contributed by atoms with Gasteiger partial charge in [0, 0.05) is 31.5 Å². The van der Waals surface area contributed by atoms with Crippen LogP contribution in [0, 0.1) is 6.92 Å². The Bertz CT molecular complexity index is 469. The Kier molecular flexibility index (Phi) is 3.87. The van der Waals surface area contributed by atoms with Gasteiger partial charge < -0.3 is 10.6 Å². The third-order valence-corrected chi connectivity index (χ3v) is 2.90. The van der Waals surface area contributed by atoms with Crippen LogP contribution in [0.3, 0.4) is 0 Å². The topological polar surface area (TPSA) is 62.7 Å². The Morgan fingerprint density at radius 3 is 2.82 bits per heavy atom. The van der Waals surface area contributed by atoms with E-state index in [2.05, 4.69) is 31.0 Å². The summed E-state index contributed by atoms with van der Waals surface area (Å²) in [4.78, 5) is 12.8.